The number of hydrogen-bond acceptors (Lipinski definition) is 5. The molecule has 1 N–H and O–H groups in total. The van der Waals surface area contributed by atoms with E-state index in [9.17, 15) is 22.8 Å². The quantitative estimate of drug-likeness (QED) is 0.142. The third-order valence-electron chi connectivity index (χ3n) is 6.04. The third kappa shape index (κ3) is 8.43. The Bertz CT molecular complexity index is 1390. The molecule has 0 aliphatic carbocycles. The Kier molecular flexibility index (Phi) is 10.0. The number of alkyl halides is 3. The summed E-state index contributed by atoms with van der Waals surface area (Å²) in [5.74, 6) is 0.181. The first-order valence-electron chi connectivity index (χ1n) is 12.7. The summed E-state index contributed by atoms with van der Waals surface area (Å²) in [6.07, 6.45) is -0.676. The van der Waals surface area contributed by atoms with E-state index in [1.165, 1.54) is 23.9 Å². The molecule has 2 amide bonds. The second kappa shape index (κ2) is 13.6. The van der Waals surface area contributed by atoms with Crippen LogP contribution in [0.2, 0.25) is 0 Å². The molecule has 0 saturated carbocycles. The zero-order valence-corrected chi connectivity index (χ0v) is 23.1. The number of thioether (sulfide) groups is 1. The van der Waals surface area contributed by atoms with Gasteiger partial charge in [0.2, 0.25) is 5.91 Å². The molecule has 0 spiro atoms. The van der Waals surface area contributed by atoms with Crippen molar-refractivity contribution in [1.82, 2.24) is 4.90 Å². The van der Waals surface area contributed by atoms with Gasteiger partial charge < -0.3 is 10.1 Å². The monoisotopic (exact) mass is 584 g/mol. The van der Waals surface area contributed by atoms with E-state index < -0.39 is 11.7 Å². The fourth-order valence-corrected chi connectivity index (χ4v) is 5.32. The van der Waals surface area contributed by atoms with Gasteiger partial charge in [0.05, 0.1) is 10.5 Å². The Hall–Kier alpha value is -3.63. The third-order valence-corrected chi connectivity index (χ3v) is 7.41. The van der Waals surface area contributed by atoms with Crippen LogP contribution in [0.15, 0.2) is 83.8 Å². The molecule has 4 rings (SSSR count). The number of anilines is 1. The lowest BCUT2D eigenvalue weighted by Crippen LogP contribution is -2.29. The van der Waals surface area contributed by atoms with Crippen molar-refractivity contribution in [3.05, 3.63) is 100 Å². The van der Waals surface area contributed by atoms with Crippen molar-refractivity contribution in [2.24, 2.45) is 0 Å². The summed E-state index contributed by atoms with van der Waals surface area (Å²) in [4.78, 5) is 27.2. The number of benzene rings is 3. The Morgan fingerprint density at radius 2 is 1.75 bits per heavy atom. The second-order valence-corrected chi connectivity index (χ2v) is 10.8. The van der Waals surface area contributed by atoms with Gasteiger partial charge in [-0.25, -0.2) is 0 Å². The van der Waals surface area contributed by atoms with E-state index in [0.29, 0.717) is 47.4 Å². The van der Waals surface area contributed by atoms with Gasteiger partial charge in [-0.3, -0.25) is 14.5 Å². The number of amides is 2. The van der Waals surface area contributed by atoms with Crippen LogP contribution in [0, 0.1) is 0 Å². The lowest BCUT2D eigenvalue weighted by atomic mass is 10.1. The highest BCUT2D eigenvalue weighted by atomic mass is 32.2. The first-order chi connectivity index (χ1) is 19.2. The largest absolute Gasteiger partial charge is 0.489 e. The van der Waals surface area contributed by atoms with Crippen LogP contribution in [0.25, 0.3) is 6.08 Å². The van der Waals surface area contributed by atoms with Crippen LogP contribution in [0.3, 0.4) is 0 Å². The normalized spacial score (nSPS) is 14.6. The van der Waals surface area contributed by atoms with Crippen molar-refractivity contribution < 1.29 is 27.5 Å². The smallest absolute Gasteiger partial charge is 0.416 e. The summed E-state index contributed by atoms with van der Waals surface area (Å²) in [6, 6.07) is 21.9. The topological polar surface area (TPSA) is 58.6 Å². The van der Waals surface area contributed by atoms with E-state index in [1.807, 2.05) is 54.6 Å². The van der Waals surface area contributed by atoms with Crippen molar-refractivity contribution in [2.75, 3.05) is 11.9 Å². The van der Waals surface area contributed by atoms with Crippen molar-refractivity contribution >= 4 is 51.9 Å². The number of nitrogens with zero attached hydrogens (tertiary/aromatic N) is 1. The first kappa shape index (κ1) is 29.4. The predicted molar refractivity (Wildman–Crippen MR) is 156 cm³/mol. The van der Waals surface area contributed by atoms with Crippen LogP contribution in [0.4, 0.5) is 18.9 Å². The van der Waals surface area contributed by atoms with Crippen LogP contribution in [0.1, 0.15) is 42.4 Å². The molecule has 1 heterocycles. The fraction of sp³-hybridized carbons (Fsp3) is 0.233. The van der Waals surface area contributed by atoms with Crippen LogP contribution < -0.4 is 10.1 Å². The molecule has 0 atom stereocenters. The average Bonchev–Trinajstić information content (AvgIpc) is 3.19. The van der Waals surface area contributed by atoms with E-state index in [0.717, 1.165) is 23.3 Å². The minimum Gasteiger partial charge on any atom is -0.489 e. The maximum absolute atomic E-state index is 13.0. The van der Waals surface area contributed by atoms with Crippen molar-refractivity contribution in [1.29, 1.82) is 0 Å². The number of thiocarbonyl (C=S) groups is 1. The van der Waals surface area contributed by atoms with Gasteiger partial charge in [-0.15, -0.1) is 0 Å². The van der Waals surface area contributed by atoms with Crippen molar-refractivity contribution in [3.8, 4) is 5.75 Å². The maximum Gasteiger partial charge on any atom is 0.416 e. The highest BCUT2D eigenvalue weighted by Gasteiger charge is 2.32. The van der Waals surface area contributed by atoms with Crippen LogP contribution in [0.5, 0.6) is 5.75 Å². The molecular weight excluding hydrogens is 557 g/mol. The molecule has 3 aromatic rings. The van der Waals surface area contributed by atoms with Gasteiger partial charge in [-0.1, -0.05) is 78.9 Å². The number of hydrogen-bond donors (Lipinski definition) is 1. The summed E-state index contributed by atoms with van der Waals surface area (Å²) < 4.78 is 44.9. The van der Waals surface area contributed by atoms with Crippen LogP contribution in [-0.4, -0.2) is 27.6 Å². The molecule has 0 bridgehead atoms. The van der Waals surface area contributed by atoms with E-state index in [1.54, 1.807) is 11.0 Å². The summed E-state index contributed by atoms with van der Waals surface area (Å²) in [7, 11) is 0. The number of rotatable bonds is 11. The van der Waals surface area contributed by atoms with Gasteiger partial charge in [-0.05, 0) is 60.4 Å². The van der Waals surface area contributed by atoms with Crippen molar-refractivity contribution in [2.45, 2.75) is 38.5 Å². The molecule has 0 unspecified atom stereocenters. The number of nitrogens with one attached hydrogen (secondary N) is 1. The highest BCUT2D eigenvalue weighted by molar-refractivity contribution is 8.26. The van der Waals surface area contributed by atoms with E-state index >= 15 is 0 Å². The summed E-state index contributed by atoms with van der Waals surface area (Å²) in [5, 5.41) is 2.51. The molecule has 208 valence electrons. The molecular formula is C30H27F3N2O3S2. The molecule has 1 aliphatic rings. The molecule has 0 radical (unpaired) electrons. The second-order valence-electron chi connectivity index (χ2n) is 9.12. The predicted octanol–water partition coefficient (Wildman–Crippen LogP) is 7.68. The van der Waals surface area contributed by atoms with E-state index in [2.05, 4.69) is 5.32 Å². The van der Waals surface area contributed by atoms with Gasteiger partial charge in [0.25, 0.3) is 5.91 Å². The summed E-state index contributed by atoms with van der Waals surface area (Å²) in [6.45, 7) is 0.872. The molecule has 3 aromatic carbocycles. The molecule has 1 fully saturated rings. The molecule has 1 aliphatic heterocycles. The number of ether oxygens (including phenoxy) is 1. The summed E-state index contributed by atoms with van der Waals surface area (Å²) in [5.41, 5.74) is 1.19. The number of carbonyl (C=O) groups excluding carboxylic acids is 2. The molecule has 0 aromatic heterocycles. The minimum atomic E-state index is -4.47. The van der Waals surface area contributed by atoms with E-state index in [4.69, 9.17) is 17.0 Å². The zero-order valence-electron chi connectivity index (χ0n) is 21.4. The lowest BCUT2D eigenvalue weighted by Gasteiger charge is -2.14. The van der Waals surface area contributed by atoms with Gasteiger partial charge in [0.15, 0.2) is 0 Å². The Morgan fingerprint density at radius 1 is 0.975 bits per heavy atom. The number of unbranched alkanes of at least 4 members (excludes halogenated alkanes) is 2. The van der Waals surface area contributed by atoms with Gasteiger partial charge in [0.1, 0.15) is 16.7 Å². The van der Waals surface area contributed by atoms with Gasteiger partial charge >= 0.3 is 6.18 Å². The first-order valence-corrected chi connectivity index (χ1v) is 13.9. The Labute approximate surface area is 240 Å². The number of carbonyl (C=O) groups is 2. The van der Waals surface area contributed by atoms with Crippen LogP contribution >= 0.6 is 24.0 Å². The van der Waals surface area contributed by atoms with Crippen molar-refractivity contribution in [3.63, 3.8) is 0 Å². The lowest BCUT2D eigenvalue weighted by molar-refractivity contribution is -0.137. The Balaban J connectivity index is 1.22. The Morgan fingerprint density at radius 3 is 2.52 bits per heavy atom. The number of halogens is 3. The van der Waals surface area contributed by atoms with Gasteiger partial charge in [0, 0.05) is 18.7 Å². The standard InChI is InChI=1S/C30H27F3N2O3S2/c31-30(32,33)23-12-8-13-24(19-23)34-27(36)15-5-2-6-16-35-28(37)26(40-29(35)39)18-22-11-7-14-25(17-22)38-20-21-9-3-1-4-10-21/h1,3-4,7-14,17-19H,2,5-6,15-16,20H2,(H,34,36)/b26-18-. The molecule has 40 heavy (non-hydrogen) atoms. The molecule has 1 saturated heterocycles. The maximum atomic E-state index is 13.0. The van der Waals surface area contributed by atoms with Crippen LogP contribution in [-0.2, 0) is 22.4 Å². The minimum absolute atomic E-state index is 0.109. The zero-order chi connectivity index (χ0) is 28.5. The molecule has 10 heteroatoms. The SMILES string of the molecule is O=C(CCCCCN1C(=O)/C(=C/c2cccc(OCc3ccccc3)c2)SC1=S)Nc1cccc(C(F)(F)F)c1. The molecule has 5 nitrogen and oxygen atoms in total. The average molecular weight is 585 g/mol. The highest BCUT2D eigenvalue weighted by Crippen LogP contribution is 2.33. The fourth-order valence-electron chi connectivity index (χ4n) is 4.01. The van der Waals surface area contributed by atoms with E-state index in [-0.39, 0.29) is 23.9 Å². The van der Waals surface area contributed by atoms with Gasteiger partial charge in [-0.2, -0.15) is 13.2 Å². The summed E-state index contributed by atoms with van der Waals surface area (Å²) >= 11 is 6.67.